The Morgan fingerprint density at radius 2 is 1.94 bits per heavy atom. The molecule has 0 spiro atoms. The largest absolute Gasteiger partial charge is 0.361 e. The number of benzene rings is 1. The molecular formula is C13H19N3S. The van der Waals surface area contributed by atoms with Crippen molar-refractivity contribution in [1.29, 1.82) is 0 Å². The molecule has 0 aliphatic carbocycles. The summed E-state index contributed by atoms with van der Waals surface area (Å²) in [5.41, 5.74) is 6.54. The third-order valence-corrected chi connectivity index (χ3v) is 3.70. The maximum Gasteiger partial charge on any atom is 0.183 e. The minimum atomic E-state index is 0.811. The van der Waals surface area contributed by atoms with Gasteiger partial charge < -0.3 is 11.1 Å². The summed E-state index contributed by atoms with van der Waals surface area (Å²) in [6.45, 7) is 1.82. The van der Waals surface area contributed by atoms with Gasteiger partial charge in [-0.15, -0.1) is 0 Å². The van der Waals surface area contributed by atoms with Crippen LogP contribution in [-0.4, -0.2) is 18.1 Å². The van der Waals surface area contributed by atoms with Crippen molar-refractivity contribution >= 4 is 26.7 Å². The van der Waals surface area contributed by atoms with E-state index in [0.29, 0.717) is 0 Å². The van der Waals surface area contributed by atoms with Gasteiger partial charge in [-0.1, -0.05) is 36.3 Å². The van der Waals surface area contributed by atoms with E-state index < -0.39 is 0 Å². The highest BCUT2D eigenvalue weighted by Gasteiger charge is 2.01. The lowest BCUT2D eigenvalue weighted by molar-refractivity contribution is 0.661. The Hall–Kier alpha value is -1.13. The first-order valence-electron chi connectivity index (χ1n) is 6.19. The Kier molecular flexibility index (Phi) is 4.76. The van der Waals surface area contributed by atoms with Crippen LogP contribution >= 0.6 is 11.3 Å². The summed E-state index contributed by atoms with van der Waals surface area (Å²) in [6, 6.07) is 8.24. The molecule has 2 rings (SSSR count). The van der Waals surface area contributed by atoms with Gasteiger partial charge in [-0.2, -0.15) is 0 Å². The molecule has 17 heavy (non-hydrogen) atoms. The van der Waals surface area contributed by atoms with Gasteiger partial charge in [0.15, 0.2) is 5.13 Å². The van der Waals surface area contributed by atoms with E-state index in [1.54, 1.807) is 11.3 Å². The Labute approximate surface area is 106 Å². The van der Waals surface area contributed by atoms with Crippen LogP contribution in [0.3, 0.4) is 0 Å². The van der Waals surface area contributed by atoms with Crippen LogP contribution in [0.25, 0.3) is 10.2 Å². The number of rotatable bonds is 7. The lowest BCUT2D eigenvalue weighted by Crippen LogP contribution is -2.02. The second-order valence-corrected chi connectivity index (χ2v) is 5.15. The Balaban J connectivity index is 1.75. The van der Waals surface area contributed by atoms with Gasteiger partial charge in [0.05, 0.1) is 10.2 Å². The summed E-state index contributed by atoms with van der Waals surface area (Å²) in [4.78, 5) is 4.53. The maximum absolute atomic E-state index is 5.45. The van der Waals surface area contributed by atoms with Crippen LogP contribution < -0.4 is 11.1 Å². The summed E-state index contributed by atoms with van der Waals surface area (Å²) < 4.78 is 1.25. The van der Waals surface area contributed by atoms with Crippen LogP contribution in [0.1, 0.15) is 25.7 Å². The van der Waals surface area contributed by atoms with Crippen molar-refractivity contribution in [3.8, 4) is 0 Å². The number of nitrogens with zero attached hydrogens (tertiary/aromatic N) is 1. The molecule has 0 saturated heterocycles. The van der Waals surface area contributed by atoms with Crippen molar-refractivity contribution in [3.05, 3.63) is 24.3 Å². The number of fused-ring (bicyclic) bond motifs is 1. The molecule has 0 aliphatic heterocycles. The number of thiazole rings is 1. The molecule has 0 atom stereocenters. The number of nitrogens with two attached hydrogens (primary N) is 1. The fraction of sp³-hybridized carbons (Fsp3) is 0.462. The summed E-state index contributed by atoms with van der Waals surface area (Å²) in [5, 5.41) is 4.42. The highest BCUT2D eigenvalue weighted by molar-refractivity contribution is 7.22. The molecule has 0 unspecified atom stereocenters. The SMILES string of the molecule is NCCCCCCNc1nc2ccccc2s1. The molecule has 1 aromatic heterocycles. The molecule has 1 aromatic carbocycles. The zero-order valence-corrected chi connectivity index (χ0v) is 10.8. The van der Waals surface area contributed by atoms with Crippen molar-refractivity contribution in [1.82, 2.24) is 4.98 Å². The number of anilines is 1. The molecule has 0 bridgehead atoms. The average molecular weight is 249 g/mol. The first-order chi connectivity index (χ1) is 8.40. The van der Waals surface area contributed by atoms with Crippen molar-refractivity contribution in [2.75, 3.05) is 18.4 Å². The van der Waals surface area contributed by atoms with Gasteiger partial charge in [0, 0.05) is 6.54 Å². The molecule has 3 N–H and O–H groups in total. The summed E-state index contributed by atoms with van der Waals surface area (Å²) in [5.74, 6) is 0. The minimum absolute atomic E-state index is 0.811. The summed E-state index contributed by atoms with van der Waals surface area (Å²) in [7, 11) is 0. The van der Waals surface area contributed by atoms with Gasteiger partial charge in [0.2, 0.25) is 0 Å². The van der Waals surface area contributed by atoms with Crippen molar-refractivity contribution < 1.29 is 0 Å². The van der Waals surface area contributed by atoms with Crippen LogP contribution in [-0.2, 0) is 0 Å². The zero-order chi connectivity index (χ0) is 11.9. The van der Waals surface area contributed by atoms with Crippen LogP contribution in [0.5, 0.6) is 0 Å². The predicted octanol–water partition coefficient (Wildman–Crippen LogP) is 3.23. The normalized spacial score (nSPS) is 10.9. The molecule has 0 fully saturated rings. The Bertz CT molecular complexity index is 420. The van der Waals surface area contributed by atoms with E-state index >= 15 is 0 Å². The molecule has 2 aromatic rings. The second-order valence-electron chi connectivity index (χ2n) is 4.12. The molecule has 3 nitrogen and oxygen atoms in total. The Morgan fingerprint density at radius 3 is 2.76 bits per heavy atom. The number of aromatic nitrogens is 1. The van der Waals surface area contributed by atoms with Gasteiger partial charge in [-0.05, 0) is 31.5 Å². The van der Waals surface area contributed by atoms with E-state index in [0.717, 1.165) is 30.2 Å². The zero-order valence-electron chi connectivity index (χ0n) is 9.98. The standard InChI is InChI=1S/C13H19N3S/c14-9-5-1-2-6-10-15-13-16-11-7-3-4-8-12(11)17-13/h3-4,7-8H,1-2,5-6,9-10,14H2,(H,15,16). The maximum atomic E-state index is 5.45. The fourth-order valence-corrected chi connectivity index (χ4v) is 2.66. The number of para-hydroxylation sites is 1. The lowest BCUT2D eigenvalue weighted by atomic mass is 10.2. The van der Waals surface area contributed by atoms with Gasteiger partial charge in [0.1, 0.15) is 0 Å². The number of hydrogen-bond donors (Lipinski definition) is 2. The fourth-order valence-electron chi connectivity index (χ4n) is 1.77. The van der Waals surface area contributed by atoms with Gasteiger partial charge in [-0.3, -0.25) is 0 Å². The average Bonchev–Trinajstić information content (AvgIpc) is 2.76. The summed E-state index contributed by atoms with van der Waals surface area (Å²) in [6.07, 6.45) is 4.81. The quantitative estimate of drug-likeness (QED) is 0.741. The molecule has 0 aliphatic rings. The highest BCUT2D eigenvalue weighted by atomic mass is 32.1. The molecule has 0 saturated carbocycles. The van der Waals surface area contributed by atoms with Gasteiger partial charge >= 0.3 is 0 Å². The van der Waals surface area contributed by atoms with Gasteiger partial charge in [-0.25, -0.2) is 4.98 Å². The first-order valence-corrected chi connectivity index (χ1v) is 7.01. The molecule has 1 heterocycles. The summed E-state index contributed by atoms with van der Waals surface area (Å²) >= 11 is 1.72. The van der Waals surface area contributed by atoms with E-state index in [9.17, 15) is 0 Å². The molecular weight excluding hydrogens is 230 g/mol. The Morgan fingerprint density at radius 1 is 1.12 bits per heavy atom. The molecule has 0 radical (unpaired) electrons. The van der Waals surface area contributed by atoms with Crippen molar-refractivity contribution in [3.63, 3.8) is 0 Å². The minimum Gasteiger partial charge on any atom is -0.361 e. The number of hydrogen-bond acceptors (Lipinski definition) is 4. The highest BCUT2D eigenvalue weighted by Crippen LogP contribution is 2.25. The first kappa shape index (κ1) is 12.3. The monoisotopic (exact) mass is 249 g/mol. The van der Waals surface area contributed by atoms with E-state index in [-0.39, 0.29) is 0 Å². The van der Waals surface area contributed by atoms with Crippen LogP contribution in [0, 0.1) is 0 Å². The predicted molar refractivity (Wildman–Crippen MR) is 75.6 cm³/mol. The topological polar surface area (TPSA) is 50.9 Å². The molecule has 4 heteroatoms. The van der Waals surface area contributed by atoms with Crippen LogP contribution in [0.2, 0.25) is 0 Å². The van der Waals surface area contributed by atoms with Crippen molar-refractivity contribution in [2.45, 2.75) is 25.7 Å². The smallest absolute Gasteiger partial charge is 0.183 e. The number of unbranched alkanes of at least 4 members (excludes halogenated alkanes) is 3. The molecule has 0 amide bonds. The van der Waals surface area contributed by atoms with E-state index in [2.05, 4.69) is 28.5 Å². The van der Waals surface area contributed by atoms with Crippen LogP contribution in [0.15, 0.2) is 24.3 Å². The van der Waals surface area contributed by atoms with E-state index in [1.165, 1.54) is 24.0 Å². The second kappa shape index (κ2) is 6.57. The molecule has 92 valence electrons. The van der Waals surface area contributed by atoms with E-state index in [1.807, 2.05) is 6.07 Å². The number of nitrogens with one attached hydrogen (secondary N) is 1. The third-order valence-electron chi connectivity index (χ3n) is 2.70. The van der Waals surface area contributed by atoms with Gasteiger partial charge in [0.25, 0.3) is 0 Å². The van der Waals surface area contributed by atoms with E-state index in [4.69, 9.17) is 5.73 Å². The lowest BCUT2D eigenvalue weighted by Gasteiger charge is -2.01. The van der Waals surface area contributed by atoms with Crippen LogP contribution in [0.4, 0.5) is 5.13 Å². The third kappa shape index (κ3) is 3.68. The van der Waals surface area contributed by atoms with Crippen molar-refractivity contribution in [2.24, 2.45) is 5.73 Å².